The standard InChI is InChI=1S/C24H33ClN2O3S/c1-16(2)15-27(24-8-5-17(3)11-18(24)4)31(29,30)22-7-6-19(23(25)14-22)9-10-26-20-12-21(28)13-20/h5-8,11,14,16,20-21,26,28H,9-10,12-13,15H2,1-4H3. The molecule has 5 nitrogen and oxygen atoms in total. The zero-order chi connectivity index (χ0) is 22.8. The van der Waals surface area contributed by atoms with Gasteiger partial charge in [0, 0.05) is 17.6 Å². The first-order chi connectivity index (χ1) is 14.6. The van der Waals surface area contributed by atoms with E-state index in [2.05, 4.69) is 5.32 Å². The van der Waals surface area contributed by atoms with Crippen LogP contribution in [0.5, 0.6) is 0 Å². The van der Waals surface area contributed by atoms with Crippen LogP contribution in [0.1, 0.15) is 43.4 Å². The van der Waals surface area contributed by atoms with Crippen LogP contribution in [0.25, 0.3) is 0 Å². The number of aliphatic hydroxyl groups excluding tert-OH is 1. The quantitative estimate of drug-likeness (QED) is 0.574. The van der Waals surface area contributed by atoms with Crippen molar-refractivity contribution < 1.29 is 13.5 Å². The van der Waals surface area contributed by atoms with Gasteiger partial charge in [-0.2, -0.15) is 0 Å². The lowest BCUT2D eigenvalue weighted by molar-refractivity contribution is 0.0629. The normalized spacial score (nSPS) is 18.8. The zero-order valence-electron chi connectivity index (χ0n) is 18.7. The van der Waals surface area contributed by atoms with Gasteiger partial charge in [-0.25, -0.2) is 8.42 Å². The highest BCUT2D eigenvalue weighted by Crippen LogP contribution is 2.30. The molecule has 1 aliphatic carbocycles. The maximum absolute atomic E-state index is 13.6. The molecule has 0 spiro atoms. The van der Waals surface area contributed by atoms with Crippen molar-refractivity contribution in [3.8, 4) is 0 Å². The lowest BCUT2D eigenvalue weighted by atomic mass is 9.89. The monoisotopic (exact) mass is 464 g/mol. The number of hydrogen-bond acceptors (Lipinski definition) is 4. The summed E-state index contributed by atoms with van der Waals surface area (Å²) in [6, 6.07) is 11.2. The second-order valence-corrected chi connectivity index (χ2v) is 11.3. The molecular weight excluding hydrogens is 432 g/mol. The first-order valence-electron chi connectivity index (χ1n) is 10.9. The molecule has 2 aromatic carbocycles. The van der Waals surface area contributed by atoms with Crippen molar-refractivity contribution in [2.75, 3.05) is 17.4 Å². The van der Waals surface area contributed by atoms with Crippen molar-refractivity contribution in [2.24, 2.45) is 5.92 Å². The molecule has 0 unspecified atom stereocenters. The summed E-state index contributed by atoms with van der Waals surface area (Å²) in [5.41, 5.74) is 3.64. The molecule has 1 aliphatic rings. The lowest BCUT2D eigenvalue weighted by Gasteiger charge is -2.32. The average Bonchev–Trinajstić information content (AvgIpc) is 2.66. The van der Waals surface area contributed by atoms with Crippen molar-refractivity contribution in [2.45, 2.75) is 64.0 Å². The fraction of sp³-hybridized carbons (Fsp3) is 0.500. The van der Waals surface area contributed by atoms with E-state index < -0.39 is 10.0 Å². The number of nitrogens with zero attached hydrogens (tertiary/aromatic N) is 1. The molecular formula is C24H33ClN2O3S. The lowest BCUT2D eigenvalue weighted by Crippen LogP contribution is -2.44. The van der Waals surface area contributed by atoms with E-state index in [4.69, 9.17) is 11.6 Å². The third-order valence-corrected chi connectivity index (χ3v) is 7.83. The van der Waals surface area contributed by atoms with Gasteiger partial charge < -0.3 is 10.4 Å². The SMILES string of the molecule is Cc1ccc(N(CC(C)C)S(=O)(=O)c2ccc(CCNC3CC(O)C3)c(Cl)c2)c(C)c1. The Balaban J connectivity index is 1.81. The number of aryl methyl sites for hydroxylation is 2. The second kappa shape index (κ2) is 9.90. The first kappa shape index (κ1) is 24.1. The minimum absolute atomic E-state index is 0.168. The number of nitrogens with one attached hydrogen (secondary N) is 1. The van der Waals surface area contributed by atoms with Crippen LogP contribution >= 0.6 is 11.6 Å². The molecule has 3 rings (SSSR count). The van der Waals surface area contributed by atoms with E-state index in [0.717, 1.165) is 36.1 Å². The molecule has 2 aromatic rings. The van der Waals surface area contributed by atoms with E-state index in [1.54, 1.807) is 12.1 Å². The largest absolute Gasteiger partial charge is 0.393 e. The number of hydrogen-bond donors (Lipinski definition) is 2. The molecule has 1 fully saturated rings. The van der Waals surface area contributed by atoms with Gasteiger partial charge in [-0.3, -0.25) is 4.31 Å². The number of sulfonamides is 1. The summed E-state index contributed by atoms with van der Waals surface area (Å²) in [5, 5.41) is 13.2. The number of anilines is 1. The van der Waals surface area contributed by atoms with Crippen LogP contribution in [-0.2, 0) is 16.4 Å². The van der Waals surface area contributed by atoms with Crippen LogP contribution in [0.15, 0.2) is 41.3 Å². The molecule has 0 aromatic heterocycles. The van der Waals surface area contributed by atoms with Crippen molar-refractivity contribution in [3.63, 3.8) is 0 Å². The molecule has 2 N–H and O–H groups in total. The summed E-state index contributed by atoms with van der Waals surface area (Å²) in [6.45, 7) is 9.09. The first-order valence-corrected chi connectivity index (χ1v) is 12.7. The molecule has 0 bridgehead atoms. The van der Waals surface area contributed by atoms with Gasteiger partial charge in [0.05, 0.1) is 16.7 Å². The number of rotatable bonds is 9. The van der Waals surface area contributed by atoms with Crippen molar-refractivity contribution in [1.82, 2.24) is 5.32 Å². The maximum atomic E-state index is 13.6. The number of halogens is 1. The summed E-state index contributed by atoms with van der Waals surface area (Å²) >= 11 is 6.48. The molecule has 0 saturated heterocycles. The van der Waals surface area contributed by atoms with Crippen molar-refractivity contribution in [3.05, 3.63) is 58.1 Å². The topological polar surface area (TPSA) is 69.6 Å². The predicted octanol–water partition coefficient (Wildman–Crippen LogP) is 4.46. The molecule has 0 heterocycles. The number of benzene rings is 2. The molecule has 7 heteroatoms. The Bertz CT molecular complexity index is 1020. The van der Waals surface area contributed by atoms with Crippen molar-refractivity contribution in [1.29, 1.82) is 0 Å². The highest BCUT2D eigenvalue weighted by atomic mass is 35.5. The van der Waals surface area contributed by atoms with E-state index in [-0.39, 0.29) is 16.9 Å². The van der Waals surface area contributed by atoms with Gasteiger partial charge in [-0.05, 0) is 74.9 Å². The fourth-order valence-electron chi connectivity index (χ4n) is 3.93. The van der Waals surface area contributed by atoms with Crippen LogP contribution in [0.4, 0.5) is 5.69 Å². The minimum atomic E-state index is -3.75. The molecule has 1 saturated carbocycles. The molecule has 31 heavy (non-hydrogen) atoms. The molecule has 170 valence electrons. The van der Waals surface area contributed by atoms with Crippen LogP contribution in [0.2, 0.25) is 5.02 Å². The van der Waals surface area contributed by atoms with Crippen LogP contribution in [0, 0.1) is 19.8 Å². The van der Waals surface area contributed by atoms with Crippen LogP contribution in [0.3, 0.4) is 0 Å². The van der Waals surface area contributed by atoms with Gasteiger partial charge in [0.1, 0.15) is 0 Å². The van der Waals surface area contributed by atoms with E-state index in [1.165, 1.54) is 4.31 Å². The second-order valence-electron chi connectivity index (χ2n) is 9.00. The Morgan fingerprint density at radius 2 is 1.87 bits per heavy atom. The molecule has 0 radical (unpaired) electrons. The Kier molecular flexibility index (Phi) is 7.68. The van der Waals surface area contributed by atoms with E-state index >= 15 is 0 Å². The number of aliphatic hydroxyl groups is 1. The molecule has 0 atom stereocenters. The van der Waals surface area contributed by atoms with Gasteiger partial charge in [-0.1, -0.05) is 49.2 Å². The summed E-state index contributed by atoms with van der Waals surface area (Å²) in [6.07, 6.45) is 2.10. The van der Waals surface area contributed by atoms with Gasteiger partial charge in [0.2, 0.25) is 0 Å². The predicted molar refractivity (Wildman–Crippen MR) is 127 cm³/mol. The van der Waals surface area contributed by atoms with Gasteiger partial charge in [-0.15, -0.1) is 0 Å². The van der Waals surface area contributed by atoms with E-state index in [1.807, 2.05) is 52.0 Å². The van der Waals surface area contributed by atoms with Crippen LogP contribution in [-0.4, -0.2) is 38.8 Å². The summed E-state index contributed by atoms with van der Waals surface area (Å²) in [7, 11) is -3.75. The Morgan fingerprint density at radius 1 is 1.16 bits per heavy atom. The average molecular weight is 465 g/mol. The van der Waals surface area contributed by atoms with Crippen LogP contribution < -0.4 is 9.62 Å². The highest BCUT2D eigenvalue weighted by Gasteiger charge is 2.28. The Labute approximate surface area is 191 Å². The third kappa shape index (κ3) is 5.80. The van der Waals surface area contributed by atoms with E-state index in [0.29, 0.717) is 29.7 Å². The highest BCUT2D eigenvalue weighted by molar-refractivity contribution is 7.92. The third-order valence-electron chi connectivity index (χ3n) is 5.71. The maximum Gasteiger partial charge on any atom is 0.264 e. The van der Waals surface area contributed by atoms with E-state index in [9.17, 15) is 13.5 Å². The van der Waals surface area contributed by atoms with Gasteiger partial charge in [0.15, 0.2) is 0 Å². The molecule has 0 amide bonds. The van der Waals surface area contributed by atoms with Gasteiger partial charge in [0.25, 0.3) is 10.0 Å². The minimum Gasteiger partial charge on any atom is -0.393 e. The fourth-order valence-corrected chi connectivity index (χ4v) is 5.99. The summed E-state index contributed by atoms with van der Waals surface area (Å²) in [5.74, 6) is 0.168. The Morgan fingerprint density at radius 3 is 2.45 bits per heavy atom. The summed E-state index contributed by atoms with van der Waals surface area (Å²) in [4.78, 5) is 0.206. The zero-order valence-corrected chi connectivity index (χ0v) is 20.3. The summed E-state index contributed by atoms with van der Waals surface area (Å²) < 4.78 is 28.7. The van der Waals surface area contributed by atoms with Crippen molar-refractivity contribution >= 4 is 27.3 Å². The Hall–Kier alpha value is -1.60. The van der Waals surface area contributed by atoms with Gasteiger partial charge >= 0.3 is 0 Å². The molecule has 0 aliphatic heterocycles. The smallest absolute Gasteiger partial charge is 0.264 e.